The fourth-order valence-electron chi connectivity index (χ4n) is 5.94. The zero-order valence-electron chi connectivity index (χ0n) is 12.8. The van der Waals surface area contributed by atoms with Gasteiger partial charge in [0.2, 0.25) is 0 Å². The van der Waals surface area contributed by atoms with Crippen LogP contribution >= 0.6 is 0 Å². The minimum atomic E-state index is 0.583. The van der Waals surface area contributed by atoms with Crippen molar-refractivity contribution < 1.29 is 0 Å². The van der Waals surface area contributed by atoms with Gasteiger partial charge in [0.25, 0.3) is 0 Å². The van der Waals surface area contributed by atoms with Gasteiger partial charge in [-0.3, -0.25) is 11.3 Å². The van der Waals surface area contributed by atoms with Crippen LogP contribution in [0.3, 0.4) is 0 Å². The summed E-state index contributed by atoms with van der Waals surface area (Å²) < 4.78 is 0. The molecule has 4 aliphatic rings. The van der Waals surface area contributed by atoms with Gasteiger partial charge >= 0.3 is 0 Å². The summed E-state index contributed by atoms with van der Waals surface area (Å²) in [5, 5.41) is 0. The van der Waals surface area contributed by atoms with Crippen LogP contribution in [-0.4, -0.2) is 6.04 Å². The van der Waals surface area contributed by atoms with Crippen LogP contribution in [0, 0.1) is 35.5 Å². The first-order chi connectivity index (χ1) is 9.25. The SMILES string of the molecule is CCC(CC)CC(NN)C1C2CC3CC(C2)CC1C3. The van der Waals surface area contributed by atoms with E-state index in [4.69, 9.17) is 5.84 Å². The molecule has 0 amide bonds. The summed E-state index contributed by atoms with van der Waals surface area (Å²) in [6.07, 6.45) is 11.5. The molecule has 2 heteroatoms. The number of rotatable bonds is 6. The molecule has 19 heavy (non-hydrogen) atoms. The van der Waals surface area contributed by atoms with Crippen LogP contribution in [0.15, 0.2) is 0 Å². The van der Waals surface area contributed by atoms with Gasteiger partial charge in [0.1, 0.15) is 0 Å². The molecule has 0 spiro atoms. The van der Waals surface area contributed by atoms with E-state index in [9.17, 15) is 0 Å². The lowest BCUT2D eigenvalue weighted by Gasteiger charge is -2.56. The molecule has 0 heterocycles. The summed E-state index contributed by atoms with van der Waals surface area (Å²) in [4.78, 5) is 0. The van der Waals surface area contributed by atoms with Gasteiger partial charge in [0.05, 0.1) is 0 Å². The van der Waals surface area contributed by atoms with Crippen LogP contribution in [0.1, 0.15) is 65.2 Å². The molecule has 0 saturated heterocycles. The highest BCUT2D eigenvalue weighted by molar-refractivity contribution is 5.01. The molecule has 2 nitrogen and oxygen atoms in total. The maximum Gasteiger partial charge on any atom is 0.0246 e. The second kappa shape index (κ2) is 5.73. The number of nitrogens with two attached hydrogens (primary N) is 1. The minimum Gasteiger partial charge on any atom is -0.271 e. The molecule has 0 aromatic rings. The first-order valence-electron chi connectivity index (χ1n) is 8.71. The third-order valence-electron chi connectivity index (χ3n) is 6.72. The molecule has 4 aliphatic carbocycles. The van der Waals surface area contributed by atoms with Gasteiger partial charge in [0, 0.05) is 6.04 Å². The van der Waals surface area contributed by atoms with Gasteiger partial charge in [0.15, 0.2) is 0 Å². The Balaban J connectivity index is 1.69. The van der Waals surface area contributed by atoms with Crippen molar-refractivity contribution in [1.29, 1.82) is 0 Å². The summed E-state index contributed by atoms with van der Waals surface area (Å²) >= 11 is 0. The summed E-state index contributed by atoms with van der Waals surface area (Å²) in [5.41, 5.74) is 3.23. The molecular weight excluding hydrogens is 232 g/mol. The molecule has 0 aromatic heterocycles. The Morgan fingerprint density at radius 1 is 0.947 bits per heavy atom. The molecule has 4 bridgehead atoms. The van der Waals surface area contributed by atoms with Gasteiger partial charge in [-0.1, -0.05) is 26.7 Å². The topological polar surface area (TPSA) is 38.0 Å². The van der Waals surface area contributed by atoms with E-state index in [1.54, 1.807) is 6.42 Å². The molecule has 0 aromatic carbocycles. The second-order valence-electron chi connectivity index (χ2n) is 7.70. The zero-order chi connectivity index (χ0) is 13.4. The molecule has 4 rings (SSSR count). The largest absolute Gasteiger partial charge is 0.271 e. The fourth-order valence-corrected chi connectivity index (χ4v) is 5.94. The lowest BCUT2D eigenvalue weighted by molar-refractivity contribution is -0.0551. The van der Waals surface area contributed by atoms with Gasteiger partial charge in [-0.2, -0.15) is 0 Å². The van der Waals surface area contributed by atoms with Crippen LogP contribution in [0.4, 0.5) is 0 Å². The van der Waals surface area contributed by atoms with Crippen LogP contribution in [0.2, 0.25) is 0 Å². The molecule has 0 aliphatic heterocycles. The predicted molar refractivity (Wildman–Crippen MR) is 80.3 cm³/mol. The Labute approximate surface area is 118 Å². The van der Waals surface area contributed by atoms with Crippen LogP contribution in [-0.2, 0) is 0 Å². The number of hydrazine groups is 1. The van der Waals surface area contributed by atoms with Crippen LogP contribution in [0.25, 0.3) is 0 Å². The number of hydrogen-bond donors (Lipinski definition) is 2. The molecule has 1 atom stereocenters. The quantitative estimate of drug-likeness (QED) is 0.567. The maximum absolute atomic E-state index is 5.96. The second-order valence-corrected chi connectivity index (χ2v) is 7.70. The van der Waals surface area contributed by atoms with Crippen molar-refractivity contribution in [2.45, 2.75) is 71.3 Å². The highest BCUT2D eigenvalue weighted by Crippen LogP contribution is 2.57. The Hall–Kier alpha value is -0.0800. The van der Waals surface area contributed by atoms with Gasteiger partial charge in [-0.15, -0.1) is 0 Å². The number of hydrogen-bond acceptors (Lipinski definition) is 2. The monoisotopic (exact) mass is 264 g/mol. The molecule has 110 valence electrons. The Bertz CT molecular complexity index is 270. The van der Waals surface area contributed by atoms with E-state index >= 15 is 0 Å². The predicted octanol–water partition coefficient (Wildman–Crippen LogP) is 3.72. The van der Waals surface area contributed by atoms with Crippen molar-refractivity contribution >= 4 is 0 Å². The molecular formula is C17H32N2. The summed E-state index contributed by atoms with van der Waals surface area (Å²) in [6.45, 7) is 4.66. The fraction of sp³-hybridized carbons (Fsp3) is 1.00. The first kappa shape index (κ1) is 13.9. The third kappa shape index (κ3) is 2.58. The average Bonchev–Trinajstić information content (AvgIpc) is 2.41. The maximum atomic E-state index is 5.96. The molecule has 0 radical (unpaired) electrons. The average molecular weight is 264 g/mol. The van der Waals surface area contributed by atoms with Crippen LogP contribution in [0.5, 0.6) is 0 Å². The van der Waals surface area contributed by atoms with Crippen molar-refractivity contribution in [1.82, 2.24) is 5.43 Å². The van der Waals surface area contributed by atoms with Gasteiger partial charge < -0.3 is 0 Å². The van der Waals surface area contributed by atoms with E-state index < -0.39 is 0 Å². The van der Waals surface area contributed by atoms with E-state index in [2.05, 4.69) is 19.3 Å². The van der Waals surface area contributed by atoms with Crippen molar-refractivity contribution in [2.75, 3.05) is 0 Å². The van der Waals surface area contributed by atoms with E-state index in [0.29, 0.717) is 6.04 Å². The van der Waals surface area contributed by atoms with Crippen molar-refractivity contribution in [3.05, 3.63) is 0 Å². The Kier molecular flexibility index (Phi) is 4.19. The first-order valence-corrected chi connectivity index (χ1v) is 8.71. The highest BCUT2D eigenvalue weighted by atomic mass is 15.2. The summed E-state index contributed by atoms with van der Waals surface area (Å²) in [7, 11) is 0. The van der Waals surface area contributed by atoms with Gasteiger partial charge in [-0.05, 0) is 74.0 Å². The Morgan fingerprint density at radius 3 is 1.89 bits per heavy atom. The van der Waals surface area contributed by atoms with Crippen molar-refractivity contribution in [3.63, 3.8) is 0 Å². The van der Waals surface area contributed by atoms with Gasteiger partial charge in [-0.25, -0.2) is 0 Å². The number of nitrogens with one attached hydrogen (secondary N) is 1. The lowest BCUT2D eigenvalue weighted by Crippen LogP contribution is -2.54. The third-order valence-corrected chi connectivity index (χ3v) is 6.72. The lowest BCUT2D eigenvalue weighted by atomic mass is 9.50. The van der Waals surface area contributed by atoms with Crippen molar-refractivity contribution in [3.8, 4) is 0 Å². The van der Waals surface area contributed by atoms with E-state index in [1.807, 2.05) is 0 Å². The van der Waals surface area contributed by atoms with E-state index in [-0.39, 0.29) is 0 Å². The van der Waals surface area contributed by atoms with E-state index in [1.165, 1.54) is 44.9 Å². The molecule has 4 saturated carbocycles. The smallest absolute Gasteiger partial charge is 0.0246 e. The summed E-state index contributed by atoms with van der Waals surface area (Å²) in [5.74, 6) is 11.8. The molecule has 3 N–H and O–H groups in total. The van der Waals surface area contributed by atoms with Crippen molar-refractivity contribution in [2.24, 2.45) is 41.4 Å². The zero-order valence-corrected chi connectivity index (χ0v) is 12.8. The minimum absolute atomic E-state index is 0.583. The Morgan fingerprint density at radius 2 is 1.47 bits per heavy atom. The van der Waals surface area contributed by atoms with E-state index in [0.717, 1.165) is 35.5 Å². The standard InChI is InChI=1S/C17H32N2/c1-3-11(4-2)10-16(19-18)17-14-6-12-5-13(8-14)9-15(17)7-12/h11-17,19H,3-10,18H2,1-2H3. The summed E-state index contributed by atoms with van der Waals surface area (Å²) in [6, 6.07) is 0.583. The van der Waals surface area contributed by atoms with Crippen LogP contribution < -0.4 is 11.3 Å². The normalized spacial score (nSPS) is 42.0. The molecule has 4 fully saturated rings. The molecule has 1 unspecified atom stereocenters. The highest BCUT2D eigenvalue weighted by Gasteiger charge is 2.50.